The Morgan fingerprint density at radius 3 is 2.50 bits per heavy atom. The van der Waals surface area contributed by atoms with Crippen molar-refractivity contribution >= 4 is 11.8 Å². The van der Waals surface area contributed by atoms with Crippen LogP contribution in [0.4, 0.5) is 0 Å². The van der Waals surface area contributed by atoms with Gasteiger partial charge >= 0.3 is 0 Å². The summed E-state index contributed by atoms with van der Waals surface area (Å²) in [5.41, 5.74) is 1.96. The maximum Gasteiger partial charge on any atom is 0.228 e. The lowest BCUT2D eigenvalue weighted by Gasteiger charge is -2.42. The summed E-state index contributed by atoms with van der Waals surface area (Å²) in [4.78, 5) is 34.6. The fourth-order valence-electron chi connectivity index (χ4n) is 4.30. The van der Waals surface area contributed by atoms with E-state index < -0.39 is 0 Å². The number of benzene rings is 1. The summed E-state index contributed by atoms with van der Waals surface area (Å²) >= 11 is 0. The number of piperidine rings is 1. The second kappa shape index (κ2) is 8.13. The highest BCUT2D eigenvalue weighted by molar-refractivity contribution is 5.85. The molecular weight excluding hydrogens is 350 g/mol. The van der Waals surface area contributed by atoms with Crippen LogP contribution in [0.25, 0.3) is 0 Å². The molecule has 1 saturated carbocycles. The van der Waals surface area contributed by atoms with E-state index in [0.717, 1.165) is 24.1 Å². The Labute approximate surface area is 166 Å². The molecule has 1 aliphatic carbocycles. The van der Waals surface area contributed by atoms with Crippen LogP contribution in [0.3, 0.4) is 0 Å². The average molecular weight is 377 g/mol. The molecule has 2 amide bonds. The molecule has 0 spiro atoms. The second-order valence-corrected chi connectivity index (χ2v) is 7.70. The molecule has 0 unspecified atom stereocenters. The number of aromatic nitrogens is 1. The van der Waals surface area contributed by atoms with E-state index in [-0.39, 0.29) is 23.8 Å². The van der Waals surface area contributed by atoms with Crippen molar-refractivity contribution in [1.29, 1.82) is 0 Å². The summed E-state index contributed by atoms with van der Waals surface area (Å²) in [6.07, 6.45) is 4.93. The van der Waals surface area contributed by atoms with Gasteiger partial charge in [0.25, 0.3) is 0 Å². The molecule has 1 aromatic carbocycles. The topological polar surface area (TPSA) is 53.5 Å². The quantitative estimate of drug-likeness (QED) is 0.773. The maximum atomic E-state index is 13.7. The van der Waals surface area contributed by atoms with Crippen molar-refractivity contribution < 1.29 is 9.59 Å². The number of hydrogen-bond acceptors (Lipinski definition) is 3. The zero-order valence-corrected chi connectivity index (χ0v) is 16.3. The molecular formula is C23H27N3O2. The smallest absolute Gasteiger partial charge is 0.228 e. The predicted octanol–water partition coefficient (Wildman–Crippen LogP) is 3.57. The molecule has 1 saturated heterocycles. The van der Waals surface area contributed by atoms with Crippen molar-refractivity contribution in [2.45, 2.75) is 51.2 Å². The fraction of sp³-hybridized carbons (Fsp3) is 0.435. The van der Waals surface area contributed by atoms with Crippen LogP contribution in [0.5, 0.6) is 0 Å². The number of nitrogens with zero attached hydrogens (tertiary/aromatic N) is 3. The Bertz CT molecular complexity index is 820. The minimum atomic E-state index is -0.204. The van der Waals surface area contributed by atoms with E-state index in [2.05, 4.69) is 4.98 Å². The molecule has 28 heavy (non-hydrogen) atoms. The zero-order chi connectivity index (χ0) is 19.5. The third-order valence-electron chi connectivity index (χ3n) is 5.83. The van der Waals surface area contributed by atoms with E-state index >= 15 is 0 Å². The van der Waals surface area contributed by atoms with Crippen LogP contribution >= 0.6 is 0 Å². The van der Waals surface area contributed by atoms with Gasteiger partial charge in [-0.2, -0.15) is 0 Å². The van der Waals surface area contributed by atoms with Crippen molar-refractivity contribution in [3.05, 3.63) is 66.0 Å². The largest absolute Gasteiger partial charge is 0.335 e. The Morgan fingerprint density at radius 1 is 1.11 bits per heavy atom. The predicted molar refractivity (Wildman–Crippen MR) is 107 cm³/mol. The van der Waals surface area contributed by atoms with E-state index in [0.29, 0.717) is 32.0 Å². The van der Waals surface area contributed by atoms with E-state index in [1.165, 1.54) is 0 Å². The van der Waals surface area contributed by atoms with Crippen LogP contribution < -0.4 is 0 Å². The van der Waals surface area contributed by atoms with Crippen molar-refractivity contribution in [1.82, 2.24) is 14.8 Å². The van der Waals surface area contributed by atoms with Gasteiger partial charge in [0.2, 0.25) is 11.8 Å². The fourth-order valence-corrected chi connectivity index (χ4v) is 4.30. The number of carbonyl (C=O) groups is 2. The molecule has 1 aliphatic heterocycles. The van der Waals surface area contributed by atoms with E-state index in [1.54, 1.807) is 6.20 Å². The van der Waals surface area contributed by atoms with Crippen LogP contribution in [0.15, 0.2) is 54.7 Å². The monoisotopic (exact) mass is 377 g/mol. The highest BCUT2D eigenvalue weighted by Gasteiger charge is 2.44. The third-order valence-corrected chi connectivity index (χ3v) is 5.83. The number of amides is 2. The first-order valence-corrected chi connectivity index (χ1v) is 10.2. The third kappa shape index (κ3) is 3.79. The summed E-state index contributed by atoms with van der Waals surface area (Å²) in [6.45, 7) is 3.15. The average Bonchev–Trinajstić information content (AvgIpc) is 3.58. The summed E-state index contributed by atoms with van der Waals surface area (Å²) in [5, 5.41) is 0. The molecule has 5 nitrogen and oxygen atoms in total. The molecule has 5 heteroatoms. The van der Waals surface area contributed by atoms with E-state index in [4.69, 9.17) is 0 Å². The van der Waals surface area contributed by atoms with Crippen molar-refractivity contribution in [2.24, 2.45) is 5.92 Å². The first kappa shape index (κ1) is 18.7. The van der Waals surface area contributed by atoms with Gasteiger partial charge in [0.15, 0.2) is 0 Å². The summed E-state index contributed by atoms with van der Waals surface area (Å²) < 4.78 is 0. The van der Waals surface area contributed by atoms with Gasteiger partial charge in [-0.15, -0.1) is 0 Å². The van der Waals surface area contributed by atoms with E-state index in [9.17, 15) is 9.59 Å². The normalized spacial score (nSPS) is 22.2. The van der Waals surface area contributed by atoms with Crippen LogP contribution in [-0.4, -0.2) is 39.2 Å². The molecule has 2 atom stereocenters. The molecule has 0 radical (unpaired) electrons. The van der Waals surface area contributed by atoms with Gasteiger partial charge in [-0.05, 0) is 43.9 Å². The molecule has 2 heterocycles. The molecule has 1 aromatic heterocycles. The molecule has 0 bridgehead atoms. The minimum absolute atomic E-state index is 0.142. The van der Waals surface area contributed by atoms with Gasteiger partial charge in [0.1, 0.15) is 0 Å². The lowest BCUT2D eigenvalue weighted by molar-refractivity contribution is -0.148. The van der Waals surface area contributed by atoms with Crippen LogP contribution in [0, 0.1) is 5.92 Å². The number of carbonyl (C=O) groups excluding carboxylic acids is 2. The Balaban J connectivity index is 1.63. The summed E-state index contributed by atoms with van der Waals surface area (Å²) in [6, 6.07) is 15.9. The van der Waals surface area contributed by atoms with E-state index in [1.807, 2.05) is 65.3 Å². The van der Waals surface area contributed by atoms with Crippen LogP contribution in [0.2, 0.25) is 0 Å². The number of likely N-dealkylation sites (tertiary alicyclic amines) is 1. The van der Waals surface area contributed by atoms with Gasteiger partial charge < -0.3 is 9.80 Å². The van der Waals surface area contributed by atoms with Gasteiger partial charge in [0, 0.05) is 25.2 Å². The molecule has 0 N–H and O–H groups in total. The summed E-state index contributed by atoms with van der Waals surface area (Å²) in [5.74, 6) is 0.0976. The Kier molecular flexibility index (Phi) is 5.42. The molecule has 4 rings (SSSR count). The highest BCUT2D eigenvalue weighted by Crippen LogP contribution is 2.40. The minimum Gasteiger partial charge on any atom is -0.335 e. The summed E-state index contributed by atoms with van der Waals surface area (Å²) in [7, 11) is 0. The SMILES string of the molecule is CCN1C(=O)CC[C@@H](C(=O)N(Cc2ccccn2)C2CC2)[C@@H]1c1ccccc1. The van der Waals surface area contributed by atoms with Crippen molar-refractivity contribution in [2.75, 3.05) is 6.54 Å². The van der Waals surface area contributed by atoms with Crippen LogP contribution in [0.1, 0.15) is 49.9 Å². The molecule has 2 fully saturated rings. The van der Waals surface area contributed by atoms with Crippen LogP contribution in [-0.2, 0) is 16.1 Å². The molecule has 2 aromatic rings. The van der Waals surface area contributed by atoms with Gasteiger partial charge in [0.05, 0.1) is 24.2 Å². The standard InChI is InChI=1S/C23H27N3O2/c1-2-25-21(27)14-13-20(22(25)17-8-4-3-5-9-17)23(28)26(19-11-12-19)16-18-10-6-7-15-24-18/h3-10,15,19-20,22H,2,11-14,16H2,1H3/t20-,22+/m1/s1. The highest BCUT2D eigenvalue weighted by atomic mass is 16.2. The lowest BCUT2D eigenvalue weighted by atomic mass is 9.83. The number of rotatable bonds is 6. The van der Waals surface area contributed by atoms with Crippen molar-refractivity contribution in [3.8, 4) is 0 Å². The Morgan fingerprint density at radius 2 is 1.86 bits per heavy atom. The number of pyridine rings is 1. The second-order valence-electron chi connectivity index (χ2n) is 7.70. The van der Waals surface area contributed by atoms with Crippen molar-refractivity contribution in [3.63, 3.8) is 0 Å². The van der Waals surface area contributed by atoms with Gasteiger partial charge in [-0.25, -0.2) is 0 Å². The maximum absolute atomic E-state index is 13.7. The Hall–Kier alpha value is -2.69. The van der Waals surface area contributed by atoms with Gasteiger partial charge in [-0.3, -0.25) is 14.6 Å². The lowest BCUT2D eigenvalue weighted by Crippen LogP contribution is -2.49. The first-order valence-electron chi connectivity index (χ1n) is 10.2. The molecule has 2 aliphatic rings. The number of hydrogen-bond donors (Lipinski definition) is 0. The zero-order valence-electron chi connectivity index (χ0n) is 16.3. The van der Waals surface area contributed by atoms with Gasteiger partial charge in [-0.1, -0.05) is 36.4 Å². The first-order chi connectivity index (χ1) is 13.7. The molecule has 146 valence electrons.